The zero-order valence-corrected chi connectivity index (χ0v) is 18.5. The van der Waals surface area contributed by atoms with Crippen molar-refractivity contribution in [1.82, 2.24) is 0 Å². The molecule has 0 amide bonds. The Balaban J connectivity index is 1.70. The summed E-state index contributed by atoms with van der Waals surface area (Å²) in [6.07, 6.45) is 3.23. The highest BCUT2D eigenvalue weighted by atomic mass is 16.5. The monoisotopic (exact) mass is 404 g/mol. The first-order chi connectivity index (χ1) is 15.0. The van der Waals surface area contributed by atoms with Gasteiger partial charge in [0.05, 0.1) is 10.9 Å². The molecule has 0 saturated carbocycles. The molecule has 4 aromatic carbocycles. The molecule has 0 radical (unpaired) electrons. The first kappa shape index (κ1) is 18.4. The standard InChI is InChI=1S/C29H26NO/c1-17(2)11-19-12-22-9-10-30(4)29-27-18(3)24-15-21-8-6-5-7-20(21)14-23(24)16-26(27)31-25(13-19)28(22)29/h5-10,12-17H,11H2,1-4H3/q+1. The molecule has 0 spiro atoms. The van der Waals surface area contributed by atoms with Gasteiger partial charge in [-0.3, -0.25) is 0 Å². The molecule has 0 atom stereocenters. The molecular formula is C29H26NO+. The van der Waals surface area contributed by atoms with E-state index in [2.05, 4.69) is 99.2 Å². The van der Waals surface area contributed by atoms with Gasteiger partial charge in [0, 0.05) is 6.07 Å². The van der Waals surface area contributed by atoms with Crippen LogP contribution in [-0.4, -0.2) is 0 Å². The van der Waals surface area contributed by atoms with Gasteiger partial charge >= 0.3 is 0 Å². The van der Waals surface area contributed by atoms with Gasteiger partial charge in [-0.15, -0.1) is 0 Å². The lowest BCUT2D eigenvalue weighted by Gasteiger charge is -2.23. The van der Waals surface area contributed by atoms with Crippen molar-refractivity contribution in [2.75, 3.05) is 0 Å². The maximum Gasteiger partial charge on any atom is 0.228 e. The van der Waals surface area contributed by atoms with Crippen molar-refractivity contribution in [3.8, 4) is 22.8 Å². The Morgan fingerprint density at radius 1 is 0.839 bits per heavy atom. The number of rotatable bonds is 2. The highest BCUT2D eigenvalue weighted by Gasteiger charge is 2.30. The van der Waals surface area contributed by atoms with Gasteiger partial charge in [-0.25, -0.2) is 4.57 Å². The van der Waals surface area contributed by atoms with Gasteiger partial charge in [0.2, 0.25) is 5.69 Å². The molecule has 5 aromatic rings. The van der Waals surface area contributed by atoms with E-state index in [9.17, 15) is 0 Å². The second-order valence-electron chi connectivity index (χ2n) is 9.33. The molecule has 1 aromatic heterocycles. The van der Waals surface area contributed by atoms with E-state index in [-0.39, 0.29) is 0 Å². The van der Waals surface area contributed by atoms with Gasteiger partial charge in [-0.2, -0.15) is 0 Å². The number of fused-ring (bicyclic) bond motifs is 4. The van der Waals surface area contributed by atoms with Crippen LogP contribution in [0, 0.1) is 12.8 Å². The van der Waals surface area contributed by atoms with Crippen molar-refractivity contribution in [2.24, 2.45) is 13.0 Å². The van der Waals surface area contributed by atoms with E-state index in [0.29, 0.717) is 5.92 Å². The second kappa shape index (κ2) is 6.55. The molecule has 0 aliphatic carbocycles. The van der Waals surface area contributed by atoms with Crippen molar-refractivity contribution in [3.05, 3.63) is 78.0 Å². The van der Waals surface area contributed by atoms with Gasteiger partial charge in [0.25, 0.3) is 0 Å². The van der Waals surface area contributed by atoms with Crippen molar-refractivity contribution >= 4 is 32.3 Å². The van der Waals surface area contributed by atoms with E-state index in [1.807, 2.05) is 0 Å². The number of pyridine rings is 1. The van der Waals surface area contributed by atoms with Crippen molar-refractivity contribution in [3.63, 3.8) is 0 Å². The van der Waals surface area contributed by atoms with E-state index in [0.717, 1.165) is 17.9 Å². The average molecular weight is 405 g/mol. The predicted octanol–water partition coefficient (Wildman–Crippen LogP) is 7.25. The van der Waals surface area contributed by atoms with Gasteiger partial charge < -0.3 is 4.74 Å². The second-order valence-corrected chi connectivity index (χ2v) is 9.33. The largest absolute Gasteiger partial charge is 0.456 e. The van der Waals surface area contributed by atoms with Crippen molar-refractivity contribution in [2.45, 2.75) is 27.2 Å². The lowest BCUT2D eigenvalue weighted by atomic mass is 9.90. The zero-order chi connectivity index (χ0) is 21.3. The van der Waals surface area contributed by atoms with Crippen LogP contribution >= 0.6 is 0 Å². The van der Waals surface area contributed by atoms with E-state index < -0.39 is 0 Å². The third-order valence-electron chi connectivity index (χ3n) is 6.59. The van der Waals surface area contributed by atoms with E-state index in [1.54, 1.807) is 0 Å². The van der Waals surface area contributed by atoms with Crippen LogP contribution in [0.5, 0.6) is 11.5 Å². The zero-order valence-electron chi connectivity index (χ0n) is 18.5. The quantitative estimate of drug-likeness (QED) is 0.219. The lowest BCUT2D eigenvalue weighted by Crippen LogP contribution is -2.31. The SMILES string of the molecule is Cc1c2c(cc3cc4ccccc4cc13)Oc1cc(CC(C)C)cc3cc[n+](C)c-2c13. The minimum Gasteiger partial charge on any atom is -0.456 e. The third kappa shape index (κ3) is 2.75. The van der Waals surface area contributed by atoms with Crippen LogP contribution in [0.25, 0.3) is 43.6 Å². The summed E-state index contributed by atoms with van der Waals surface area (Å²) >= 11 is 0. The van der Waals surface area contributed by atoms with Crippen molar-refractivity contribution < 1.29 is 9.30 Å². The fourth-order valence-corrected chi connectivity index (χ4v) is 5.22. The Labute approximate surface area is 182 Å². The van der Waals surface area contributed by atoms with Crippen LogP contribution in [0.15, 0.2) is 66.9 Å². The van der Waals surface area contributed by atoms with E-state index >= 15 is 0 Å². The van der Waals surface area contributed by atoms with Gasteiger partial charge in [-0.05, 0) is 81.6 Å². The van der Waals surface area contributed by atoms with Gasteiger partial charge in [0.15, 0.2) is 6.20 Å². The summed E-state index contributed by atoms with van der Waals surface area (Å²) in [7, 11) is 2.14. The Hall–Kier alpha value is -3.39. The predicted molar refractivity (Wildman–Crippen MR) is 129 cm³/mol. The molecular weight excluding hydrogens is 378 g/mol. The summed E-state index contributed by atoms with van der Waals surface area (Å²) in [6.45, 7) is 6.76. The summed E-state index contributed by atoms with van der Waals surface area (Å²) in [5, 5.41) is 7.52. The Kier molecular flexibility index (Phi) is 3.89. The summed E-state index contributed by atoms with van der Waals surface area (Å²) in [6, 6.07) is 22.2. The first-order valence-electron chi connectivity index (χ1n) is 11.1. The fraction of sp³-hybridized carbons (Fsp3) is 0.207. The average Bonchev–Trinajstić information content (AvgIpc) is 2.74. The molecule has 1 aliphatic heterocycles. The molecule has 152 valence electrons. The number of nitrogens with zero attached hydrogens (tertiary/aromatic N) is 1. The molecule has 0 bridgehead atoms. The highest BCUT2D eigenvalue weighted by Crippen LogP contribution is 2.49. The van der Waals surface area contributed by atoms with E-state index in [4.69, 9.17) is 4.74 Å². The van der Waals surface area contributed by atoms with Crippen LogP contribution in [0.1, 0.15) is 25.0 Å². The van der Waals surface area contributed by atoms with Crippen LogP contribution in [0.3, 0.4) is 0 Å². The number of aryl methyl sites for hydroxylation is 2. The molecule has 0 saturated heterocycles. The molecule has 0 N–H and O–H groups in total. The highest BCUT2D eigenvalue weighted by molar-refractivity contribution is 6.08. The number of benzene rings is 4. The fourth-order valence-electron chi connectivity index (χ4n) is 5.22. The number of hydrogen-bond acceptors (Lipinski definition) is 1. The van der Waals surface area contributed by atoms with E-state index in [1.165, 1.54) is 54.7 Å². The molecule has 2 heterocycles. The number of hydrogen-bond donors (Lipinski definition) is 0. The Morgan fingerprint density at radius 3 is 2.39 bits per heavy atom. The number of aromatic nitrogens is 1. The molecule has 2 heteroatoms. The minimum absolute atomic E-state index is 0.610. The molecule has 6 rings (SSSR count). The molecule has 0 fully saturated rings. The van der Waals surface area contributed by atoms with Gasteiger partial charge in [-0.1, -0.05) is 44.2 Å². The molecule has 0 unspecified atom stereocenters. The van der Waals surface area contributed by atoms with Crippen LogP contribution in [0.4, 0.5) is 0 Å². The van der Waals surface area contributed by atoms with Gasteiger partial charge in [0.1, 0.15) is 18.5 Å². The topological polar surface area (TPSA) is 13.1 Å². The summed E-state index contributed by atoms with van der Waals surface area (Å²) < 4.78 is 8.86. The normalized spacial score (nSPS) is 12.5. The third-order valence-corrected chi connectivity index (χ3v) is 6.59. The lowest BCUT2D eigenvalue weighted by molar-refractivity contribution is -0.659. The summed E-state index contributed by atoms with van der Waals surface area (Å²) in [4.78, 5) is 0. The maximum atomic E-state index is 6.61. The van der Waals surface area contributed by atoms with Crippen LogP contribution < -0.4 is 9.30 Å². The molecule has 1 aliphatic rings. The number of ether oxygens (including phenoxy) is 1. The minimum atomic E-state index is 0.610. The molecule has 31 heavy (non-hydrogen) atoms. The smallest absolute Gasteiger partial charge is 0.228 e. The first-order valence-corrected chi connectivity index (χ1v) is 11.1. The summed E-state index contributed by atoms with van der Waals surface area (Å²) in [5.74, 6) is 2.54. The Bertz CT molecular complexity index is 1530. The summed E-state index contributed by atoms with van der Waals surface area (Å²) in [5.41, 5.74) is 5.07. The van der Waals surface area contributed by atoms with Crippen LogP contribution in [0.2, 0.25) is 0 Å². The Morgan fingerprint density at radius 2 is 1.61 bits per heavy atom. The van der Waals surface area contributed by atoms with Crippen LogP contribution in [-0.2, 0) is 13.5 Å². The molecule has 2 nitrogen and oxygen atoms in total. The van der Waals surface area contributed by atoms with Crippen molar-refractivity contribution in [1.29, 1.82) is 0 Å². The maximum absolute atomic E-state index is 6.61.